The summed E-state index contributed by atoms with van der Waals surface area (Å²) in [7, 11) is 1.88. The number of benzene rings is 1. The average Bonchev–Trinajstić information content (AvgIpc) is 3.19. The number of carbonyl (C=O) groups excluding carboxylic acids is 1. The van der Waals surface area contributed by atoms with Crippen molar-refractivity contribution in [2.24, 2.45) is 7.05 Å². The fourth-order valence-electron chi connectivity index (χ4n) is 3.18. The van der Waals surface area contributed by atoms with Crippen LogP contribution in [0.3, 0.4) is 0 Å². The maximum Gasteiger partial charge on any atom is 0.251 e. The molecule has 0 spiro atoms. The third-order valence-corrected chi connectivity index (χ3v) is 4.78. The van der Waals surface area contributed by atoms with Crippen molar-refractivity contribution in [1.82, 2.24) is 20.1 Å². The van der Waals surface area contributed by atoms with Crippen molar-refractivity contribution in [1.29, 1.82) is 0 Å². The Morgan fingerprint density at radius 3 is 2.54 bits per heavy atom. The van der Waals surface area contributed by atoms with E-state index >= 15 is 0 Å². The van der Waals surface area contributed by atoms with Gasteiger partial charge in [0.25, 0.3) is 5.91 Å². The second-order valence-corrected chi connectivity index (χ2v) is 6.78. The fourth-order valence-corrected chi connectivity index (χ4v) is 3.18. The number of nitrogens with zero attached hydrogens (tertiary/aromatic N) is 4. The highest BCUT2D eigenvalue weighted by Gasteiger charge is 2.12. The lowest BCUT2D eigenvalue weighted by atomic mass is 10.1. The number of pyridine rings is 1. The Hall–Kier alpha value is -3.19. The number of ether oxygens (including phenoxy) is 1. The predicted octanol–water partition coefficient (Wildman–Crippen LogP) is 2.25. The van der Waals surface area contributed by atoms with Gasteiger partial charge in [-0.3, -0.25) is 14.5 Å². The molecule has 28 heavy (non-hydrogen) atoms. The van der Waals surface area contributed by atoms with Crippen molar-refractivity contribution in [2.45, 2.75) is 6.54 Å². The first-order chi connectivity index (χ1) is 13.7. The van der Waals surface area contributed by atoms with Gasteiger partial charge >= 0.3 is 0 Å². The molecule has 0 saturated carbocycles. The minimum Gasteiger partial charge on any atom is -0.378 e. The molecule has 3 heterocycles. The summed E-state index contributed by atoms with van der Waals surface area (Å²) in [5.74, 6) is -0.0927. The number of amides is 1. The molecule has 0 unspecified atom stereocenters. The van der Waals surface area contributed by atoms with Gasteiger partial charge in [-0.1, -0.05) is 6.07 Å². The van der Waals surface area contributed by atoms with Crippen LogP contribution in [0.4, 0.5) is 5.69 Å². The van der Waals surface area contributed by atoms with E-state index in [1.807, 2.05) is 49.6 Å². The molecule has 1 fully saturated rings. The Balaban J connectivity index is 1.33. The van der Waals surface area contributed by atoms with Crippen LogP contribution in [0.15, 0.2) is 55.0 Å². The van der Waals surface area contributed by atoms with Crippen LogP contribution in [0.5, 0.6) is 0 Å². The van der Waals surface area contributed by atoms with E-state index in [9.17, 15) is 4.79 Å². The molecular weight excluding hydrogens is 354 g/mol. The molecule has 0 atom stereocenters. The molecule has 7 heteroatoms. The SMILES string of the molecule is Cn1cc(-c2ccc(CNC(=O)c3ccc(N4CCOCC4)cc3)cn2)cn1. The number of nitrogens with one attached hydrogen (secondary N) is 1. The molecule has 1 saturated heterocycles. The van der Waals surface area contributed by atoms with E-state index in [1.165, 1.54) is 0 Å². The van der Waals surface area contributed by atoms with Crippen LogP contribution in [0.2, 0.25) is 0 Å². The molecule has 1 aliphatic rings. The van der Waals surface area contributed by atoms with Crippen LogP contribution in [0.25, 0.3) is 11.3 Å². The number of morpholine rings is 1. The molecule has 144 valence electrons. The van der Waals surface area contributed by atoms with Gasteiger partial charge in [0.1, 0.15) is 0 Å². The Labute approximate surface area is 164 Å². The first-order valence-electron chi connectivity index (χ1n) is 9.34. The Morgan fingerprint density at radius 2 is 1.89 bits per heavy atom. The van der Waals surface area contributed by atoms with Gasteiger partial charge in [-0.05, 0) is 35.9 Å². The fraction of sp³-hybridized carbons (Fsp3) is 0.286. The summed E-state index contributed by atoms with van der Waals surface area (Å²) in [6.07, 6.45) is 5.48. The normalized spacial score (nSPS) is 14.1. The molecule has 1 aromatic carbocycles. The zero-order valence-corrected chi connectivity index (χ0v) is 15.8. The summed E-state index contributed by atoms with van der Waals surface area (Å²) < 4.78 is 7.12. The highest BCUT2D eigenvalue weighted by atomic mass is 16.5. The minimum atomic E-state index is -0.0927. The summed E-state index contributed by atoms with van der Waals surface area (Å²) in [5.41, 5.74) is 4.55. The smallest absolute Gasteiger partial charge is 0.251 e. The summed E-state index contributed by atoms with van der Waals surface area (Å²) in [6.45, 7) is 3.69. The van der Waals surface area contributed by atoms with Gasteiger partial charge in [-0.15, -0.1) is 0 Å². The van der Waals surface area contributed by atoms with Gasteiger partial charge in [0.15, 0.2) is 0 Å². The van der Waals surface area contributed by atoms with Crippen LogP contribution in [-0.4, -0.2) is 47.0 Å². The number of hydrogen-bond donors (Lipinski definition) is 1. The highest BCUT2D eigenvalue weighted by molar-refractivity contribution is 5.94. The maximum absolute atomic E-state index is 12.4. The third-order valence-electron chi connectivity index (χ3n) is 4.78. The minimum absolute atomic E-state index is 0.0927. The number of hydrogen-bond acceptors (Lipinski definition) is 5. The molecule has 0 radical (unpaired) electrons. The second kappa shape index (κ2) is 8.22. The van der Waals surface area contributed by atoms with E-state index in [1.54, 1.807) is 17.1 Å². The van der Waals surface area contributed by atoms with Crippen LogP contribution in [-0.2, 0) is 18.3 Å². The van der Waals surface area contributed by atoms with Crippen molar-refractivity contribution in [3.63, 3.8) is 0 Å². The van der Waals surface area contributed by atoms with Crippen LogP contribution < -0.4 is 10.2 Å². The topological polar surface area (TPSA) is 72.3 Å². The van der Waals surface area contributed by atoms with E-state index in [-0.39, 0.29) is 5.91 Å². The Morgan fingerprint density at radius 1 is 1.11 bits per heavy atom. The van der Waals surface area contributed by atoms with Crippen LogP contribution in [0.1, 0.15) is 15.9 Å². The Kier molecular flexibility index (Phi) is 5.34. The Bertz CT molecular complexity index is 928. The van der Waals surface area contributed by atoms with Crippen molar-refractivity contribution >= 4 is 11.6 Å². The first kappa shape index (κ1) is 18.2. The first-order valence-corrected chi connectivity index (χ1v) is 9.34. The van der Waals surface area contributed by atoms with Crippen LogP contribution >= 0.6 is 0 Å². The van der Waals surface area contributed by atoms with Gasteiger partial charge in [0, 0.05) is 55.9 Å². The third kappa shape index (κ3) is 4.20. The van der Waals surface area contributed by atoms with E-state index in [2.05, 4.69) is 20.3 Å². The summed E-state index contributed by atoms with van der Waals surface area (Å²) in [5, 5.41) is 7.10. The second-order valence-electron chi connectivity index (χ2n) is 6.78. The van der Waals surface area contributed by atoms with Gasteiger partial charge in [0.2, 0.25) is 0 Å². The average molecular weight is 377 g/mol. The van der Waals surface area contributed by atoms with Crippen molar-refractivity contribution in [3.8, 4) is 11.3 Å². The monoisotopic (exact) mass is 377 g/mol. The van der Waals surface area contributed by atoms with Crippen molar-refractivity contribution < 1.29 is 9.53 Å². The number of anilines is 1. The molecule has 1 aliphatic heterocycles. The molecular formula is C21H23N5O2. The van der Waals surface area contributed by atoms with Crippen molar-refractivity contribution in [3.05, 3.63) is 66.1 Å². The van der Waals surface area contributed by atoms with Gasteiger partial charge in [0.05, 0.1) is 25.1 Å². The van der Waals surface area contributed by atoms with Crippen molar-refractivity contribution in [2.75, 3.05) is 31.2 Å². The number of carbonyl (C=O) groups is 1. The summed E-state index contributed by atoms with van der Waals surface area (Å²) in [6, 6.07) is 11.6. The quantitative estimate of drug-likeness (QED) is 0.738. The predicted molar refractivity (Wildman–Crippen MR) is 107 cm³/mol. The van der Waals surface area contributed by atoms with E-state index < -0.39 is 0 Å². The molecule has 4 rings (SSSR count). The molecule has 0 aliphatic carbocycles. The maximum atomic E-state index is 12.4. The summed E-state index contributed by atoms with van der Waals surface area (Å²) >= 11 is 0. The summed E-state index contributed by atoms with van der Waals surface area (Å²) in [4.78, 5) is 19.1. The van der Waals surface area contributed by atoms with Crippen LogP contribution in [0, 0.1) is 0 Å². The number of aromatic nitrogens is 3. The van der Waals surface area contributed by atoms with Gasteiger partial charge in [-0.25, -0.2) is 0 Å². The number of rotatable bonds is 5. The standard InChI is InChI=1S/C21H23N5O2/c1-25-15-18(14-24-25)20-7-2-16(12-22-20)13-23-21(27)17-3-5-19(6-4-17)26-8-10-28-11-9-26/h2-7,12,14-15H,8-11,13H2,1H3,(H,23,27). The number of aryl methyl sites for hydroxylation is 1. The lowest BCUT2D eigenvalue weighted by Gasteiger charge is -2.28. The molecule has 1 N–H and O–H groups in total. The van der Waals surface area contributed by atoms with Gasteiger partial charge in [-0.2, -0.15) is 5.10 Å². The largest absolute Gasteiger partial charge is 0.378 e. The van der Waals surface area contributed by atoms with E-state index in [0.717, 1.165) is 48.8 Å². The molecule has 3 aromatic rings. The molecule has 1 amide bonds. The van der Waals surface area contributed by atoms with E-state index in [0.29, 0.717) is 12.1 Å². The van der Waals surface area contributed by atoms with Gasteiger partial charge < -0.3 is 15.0 Å². The molecule has 2 aromatic heterocycles. The lowest BCUT2D eigenvalue weighted by molar-refractivity contribution is 0.0951. The van der Waals surface area contributed by atoms with E-state index in [4.69, 9.17) is 4.74 Å². The zero-order chi connectivity index (χ0) is 19.3. The zero-order valence-electron chi connectivity index (χ0n) is 15.8. The molecule has 0 bridgehead atoms. The molecule has 7 nitrogen and oxygen atoms in total. The highest BCUT2D eigenvalue weighted by Crippen LogP contribution is 2.17. The lowest BCUT2D eigenvalue weighted by Crippen LogP contribution is -2.36.